The first-order valence-corrected chi connectivity index (χ1v) is 28.3. The highest BCUT2D eigenvalue weighted by molar-refractivity contribution is 7.22. The number of amides is 6. The Hall–Kier alpha value is -8.70. The second-order valence-electron chi connectivity index (χ2n) is 20.5. The van der Waals surface area contributed by atoms with Crippen molar-refractivity contribution in [3.63, 3.8) is 0 Å². The number of fused-ring (bicyclic) bond motifs is 1. The molecular weight excluding hydrogens is 1110 g/mol. The zero-order valence-electron chi connectivity index (χ0n) is 47.0. The molecule has 0 unspecified atom stereocenters. The van der Waals surface area contributed by atoms with E-state index < -0.39 is 53.4 Å². The smallest absolute Gasteiger partial charge is 0.355 e. The van der Waals surface area contributed by atoms with Gasteiger partial charge in [-0.05, 0) is 92.6 Å². The molecule has 3 aromatic heterocycles. The van der Waals surface area contributed by atoms with Crippen LogP contribution in [0.25, 0.3) is 10.2 Å². The van der Waals surface area contributed by atoms with Crippen molar-refractivity contribution in [1.82, 2.24) is 41.0 Å². The van der Waals surface area contributed by atoms with Crippen LogP contribution in [0.1, 0.15) is 72.1 Å². The average molecular weight is 1170 g/mol. The molecule has 25 heteroatoms. The molecule has 4 heterocycles. The molecule has 0 radical (unpaired) electrons. The summed E-state index contributed by atoms with van der Waals surface area (Å²) < 4.78 is 28.0. The Morgan fingerprint density at radius 2 is 1.61 bits per heavy atom. The number of nitrogens with zero attached hydrogens (tertiary/aromatic N) is 7. The minimum absolute atomic E-state index is 0.0263. The lowest BCUT2D eigenvalue weighted by Gasteiger charge is -2.27. The van der Waals surface area contributed by atoms with Gasteiger partial charge in [-0.1, -0.05) is 55.4 Å². The fourth-order valence-corrected chi connectivity index (χ4v) is 10.2. The molecule has 3 aromatic carbocycles. The van der Waals surface area contributed by atoms with E-state index in [0.29, 0.717) is 68.4 Å². The van der Waals surface area contributed by atoms with Gasteiger partial charge in [-0.15, -0.1) is 21.5 Å². The number of carbonyl (C=O) groups excluding carboxylic acids is 6. The number of carboxylic acid groups (broad SMARTS) is 1. The summed E-state index contributed by atoms with van der Waals surface area (Å²) in [4.78, 5) is 98.8. The Labute approximate surface area is 487 Å². The first kappa shape index (κ1) is 61.9. The average Bonchev–Trinajstić information content (AvgIpc) is 4.16. The Bertz CT molecular complexity index is 3400. The zero-order valence-corrected chi connectivity index (χ0v) is 48.7. The van der Waals surface area contributed by atoms with Crippen LogP contribution in [-0.2, 0) is 46.5 Å². The molecule has 0 saturated carbocycles. The van der Waals surface area contributed by atoms with E-state index in [-0.39, 0.29) is 69.0 Å². The van der Waals surface area contributed by atoms with Gasteiger partial charge in [0.25, 0.3) is 11.8 Å². The number of rotatable bonds is 28. The fourth-order valence-electron chi connectivity index (χ4n) is 8.30. The van der Waals surface area contributed by atoms with Crippen LogP contribution in [0.5, 0.6) is 5.75 Å². The molecule has 0 saturated heterocycles. The van der Waals surface area contributed by atoms with Crippen LogP contribution in [0.4, 0.5) is 32.0 Å². The number of quaternary nitrogens is 1. The van der Waals surface area contributed by atoms with Crippen LogP contribution in [0.15, 0.2) is 84.9 Å². The highest BCUT2D eigenvalue weighted by atomic mass is 32.1. The summed E-state index contributed by atoms with van der Waals surface area (Å²) in [6.45, 7) is 8.39. The van der Waals surface area contributed by atoms with Crippen molar-refractivity contribution in [1.29, 1.82) is 0 Å². The van der Waals surface area contributed by atoms with Gasteiger partial charge in [-0.3, -0.25) is 33.7 Å². The standard InChI is InChI=1S/C58H65FN12O10S2/c1-35(2)51(64-48(73)25-30-80-31-26-60-47(72)24-27-70-49(74)22-23-50(70)75)55(77)61-37(4)54(76)62-40-19-16-39(17-20-40)34-71(6,7)28-10-12-38-18-21-43(41(59)33-38)81-29-11-15-45-52(56(78)79)65-58(83-45)69(5)46-32-36(3)53(68-67-46)66-57-63-42-13-8-9-14-44(42)82-57/h8-9,13-14,16-23,32-33,35,37,51H,11,15,24-31,34H2,1-7H3,(H5-,60,61,62,63,64,66,68,72,73,76,77,78,79)/p+1/t37-,51-/m0/s1. The number of thiazole rings is 2. The van der Waals surface area contributed by atoms with Crippen molar-refractivity contribution < 1.29 is 57.0 Å². The number of hydrogen-bond acceptors (Lipinski definition) is 17. The first-order valence-electron chi connectivity index (χ1n) is 26.7. The van der Waals surface area contributed by atoms with Crippen LogP contribution in [0.3, 0.4) is 0 Å². The number of hydrogen-bond donors (Lipinski definition) is 6. The van der Waals surface area contributed by atoms with E-state index in [9.17, 15) is 38.7 Å². The maximum atomic E-state index is 15.2. The lowest BCUT2D eigenvalue weighted by molar-refractivity contribution is -0.896. The number of ether oxygens (including phenoxy) is 2. The number of benzene rings is 3. The molecule has 6 amide bonds. The number of aromatic nitrogens is 4. The monoisotopic (exact) mass is 1170 g/mol. The number of anilines is 5. The summed E-state index contributed by atoms with van der Waals surface area (Å²) in [6, 6.07) is 19.6. The number of aryl methyl sites for hydroxylation is 2. The van der Waals surface area contributed by atoms with Crippen LogP contribution < -0.4 is 36.2 Å². The Morgan fingerprint density at radius 1 is 0.867 bits per heavy atom. The molecule has 0 bridgehead atoms. The number of halogens is 1. The minimum Gasteiger partial charge on any atom is -0.491 e. The zero-order chi connectivity index (χ0) is 59.8. The third kappa shape index (κ3) is 17.9. The number of carboxylic acids is 1. The van der Waals surface area contributed by atoms with Crippen molar-refractivity contribution in [2.45, 2.75) is 72.0 Å². The van der Waals surface area contributed by atoms with E-state index in [0.717, 1.165) is 38.4 Å². The van der Waals surface area contributed by atoms with E-state index in [2.05, 4.69) is 58.6 Å². The first-order chi connectivity index (χ1) is 39.6. The molecule has 0 fully saturated rings. The third-order valence-corrected chi connectivity index (χ3v) is 15.0. The quantitative estimate of drug-likeness (QED) is 0.0137. The van der Waals surface area contributed by atoms with E-state index >= 15 is 4.39 Å². The topological polar surface area (TPSA) is 276 Å². The molecule has 22 nitrogen and oxygen atoms in total. The van der Waals surface area contributed by atoms with Gasteiger partial charge in [-0.25, -0.2) is 19.2 Å². The SMILES string of the molecule is Cc1cc(N(C)c2nc(C(=O)O)c(CCCOc3ccc(C#CC[N+](C)(C)Cc4ccc(NC(=O)[C@H](C)NC(=O)[C@@H](NC(=O)CCOCCNC(=O)CCN5C(=O)C=CC5=O)C(C)C)cc4)cc3F)s2)nnc1Nc1nc2ccccc2s1. The largest absolute Gasteiger partial charge is 0.491 e. The van der Waals surface area contributed by atoms with E-state index in [1.54, 1.807) is 50.9 Å². The number of nitrogens with one attached hydrogen (secondary N) is 5. The van der Waals surface area contributed by atoms with E-state index in [4.69, 9.17) is 9.47 Å². The maximum absolute atomic E-state index is 15.2. The van der Waals surface area contributed by atoms with Gasteiger partial charge in [-0.2, -0.15) is 0 Å². The van der Waals surface area contributed by atoms with Crippen LogP contribution in [-0.4, -0.2) is 149 Å². The molecule has 436 valence electrons. The Kier molecular flexibility index (Phi) is 21.5. The van der Waals surface area contributed by atoms with Crippen LogP contribution in [0, 0.1) is 30.5 Å². The molecule has 7 rings (SSSR count). The molecule has 6 aromatic rings. The normalized spacial score (nSPS) is 12.9. The predicted molar refractivity (Wildman–Crippen MR) is 313 cm³/mol. The molecule has 1 aliphatic rings. The van der Waals surface area contributed by atoms with Crippen molar-refractivity contribution in [2.75, 3.05) is 76.1 Å². The third-order valence-electron chi connectivity index (χ3n) is 12.8. The minimum atomic E-state index is -1.16. The summed E-state index contributed by atoms with van der Waals surface area (Å²) in [5.41, 5.74) is 3.59. The van der Waals surface area contributed by atoms with Crippen molar-refractivity contribution in [2.24, 2.45) is 5.92 Å². The van der Waals surface area contributed by atoms with E-state index in [1.807, 2.05) is 63.5 Å². The number of para-hydroxylation sites is 1. The van der Waals surface area contributed by atoms with Gasteiger partial charge >= 0.3 is 5.97 Å². The fraction of sp³-hybridized carbons (Fsp3) is 0.362. The molecule has 83 heavy (non-hydrogen) atoms. The van der Waals surface area contributed by atoms with Gasteiger partial charge in [0, 0.05) is 66.8 Å². The van der Waals surface area contributed by atoms with Gasteiger partial charge in [0.1, 0.15) is 25.2 Å². The lowest BCUT2D eigenvalue weighted by Crippen LogP contribution is -2.53. The summed E-state index contributed by atoms with van der Waals surface area (Å²) in [7, 11) is 5.76. The highest BCUT2D eigenvalue weighted by Crippen LogP contribution is 2.33. The molecule has 1 aliphatic heterocycles. The summed E-state index contributed by atoms with van der Waals surface area (Å²) >= 11 is 2.73. The van der Waals surface area contributed by atoms with Gasteiger partial charge < -0.3 is 50.5 Å². The number of aromatic carboxylic acids is 1. The Morgan fingerprint density at radius 3 is 2.31 bits per heavy atom. The number of imide groups is 1. The molecule has 0 aliphatic carbocycles. The van der Waals surface area contributed by atoms with E-state index in [1.165, 1.54) is 34.8 Å². The van der Waals surface area contributed by atoms with Crippen molar-refractivity contribution in [3.05, 3.63) is 118 Å². The summed E-state index contributed by atoms with van der Waals surface area (Å²) in [6.07, 6.45) is 2.93. The van der Waals surface area contributed by atoms with Gasteiger partial charge in [0.2, 0.25) is 23.6 Å². The Balaban J connectivity index is 0.792. The summed E-state index contributed by atoms with van der Waals surface area (Å²) in [5, 5.41) is 33.9. The highest BCUT2D eigenvalue weighted by Gasteiger charge is 2.28. The predicted octanol–water partition coefficient (Wildman–Crippen LogP) is 6.26. The van der Waals surface area contributed by atoms with Crippen LogP contribution >= 0.6 is 22.7 Å². The van der Waals surface area contributed by atoms with Crippen molar-refractivity contribution >= 4 is 102 Å². The molecule has 2 atom stereocenters. The van der Waals surface area contributed by atoms with Crippen LogP contribution in [0.2, 0.25) is 0 Å². The number of carbonyl (C=O) groups is 7. The second-order valence-corrected chi connectivity index (χ2v) is 22.6. The summed E-state index contributed by atoms with van der Waals surface area (Å²) in [5.74, 6) is 2.52. The van der Waals surface area contributed by atoms with Crippen molar-refractivity contribution in [3.8, 4) is 17.6 Å². The lowest BCUT2D eigenvalue weighted by atomic mass is 10.0. The molecule has 6 N–H and O–H groups in total. The van der Waals surface area contributed by atoms with Gasteiger partial charge in [0.15, 0.2) is 39.2 Å². The molecular formula is C58H66FN12O10S2+. The second kappa shape index (κ2) is 28.8. The van der Waals surface area contributed by atoms with Gasteiger partial charge in [0.05, 0.1) is 44.1 Å². The molecule has 0 spiro atoms. The maximum Gasteiger partial charge on any atom is 0.355 e.